The summed E-state index contributed by atoms with van der Waals surface area (Å²) < 4.78 is 5.39. The number of methoxy groups -OCH3 is 1. The van der Waals surface area contributed by atoms with Crippen LogP contribution in [0.2, 0.25) is 0 Å². The number of anilines is 1. The third kappa shape index (κ3) is 5.00. The molecule has 0 unspecified atom stereocenters. The highest BCUT2D eigenvalue weighted by Gasteiger charge is 2.28. The number of nitrogens with zero attached hydrogens (tertiary/aromatic N) is 1. The van der Waals surface area contributed by atoms with Crippen LogP contribution in [-0.4, -0.2) is 55.0 Å². The number of hydrogen-bond donors (Lipinski definition) is 3. The van der Waals surface area contributed by atoms with Crippen LogP contribution in [0.1, 0.15) is 41.0 Å². The van der Waals surface area contributed by atoms with E-state index in [9.17, 15) is 9.59 Å². The maximum atomic E-state index is 13.0. The third-order valence-corrected chi connectivity index (χ3v) is 6.53. The largest absolute Gasteiger partial charge is 0.497 e. The van der Waals surface area contributed by atoms with E-state index in [1.807, 2.05) is 55.5 Å². The predicted molar refractivity (Wildman–Crippen MR) is 141 cm³/mol. The molecule has 182 valence electrons. The zero-order chi connectivity index (χ0) is 24.9. The highest BCUT2D eigenvalue weighted by molar-refractivity contribution is 6.36. The summed E-state index contributed by atoms with van der Waals surface area (Å²) in [7, 11) is 1.64. The van der Waals surface area contributed by atoms with Crippen molar-refractivity contribution in [3.63, 3.8) is 0 Å². The lowest BCUT2D eigenvalue weighted by atomic mass is 9.94. The van der Waals surface area contributed by atoms with Crippen molar-refractivity contribution in [2.75, 3.05) is 38.6 Å². The van der Waals surface area contributed by atoms with E-state index in [2.05, 4.69) is 34.4 Å². The molecule has 7 nitrogen and oxygen atoms in total. The molecule has 7 heteroatoms. The second kappa shape index (κ2) is 10.6. The molecule has 0 saturated heterocycles. The molecule has 3 aromatic rings. The van der Waals surface area contributed by atoms with Crippen LogP contribution in [0, 0.1) is 6.92 Å². The SMILES string of the molecule is CCN(CC)CCNC(=O)c1c[nH]c(C=C2C(=O)Nc3cccc(-c4cccc(OC)c4)c32)c1C. The summed E-state index contributed by atoms with van der Waals surface area (Å²) in [6.07, 6.45) is 3.53. The van der Waals surface area contributed by atoms with Gasteiger partial charge in [-0.15, -0.1) is 0 Å². The van der Waals surface area contributed by atoms with Crippen LogP contribution in [-0.2, 0) is 4.79 Å². The van der Waals surface area contributed by atoms with Gasteiger partial charge < -0.3 is 25.3 Å². The molecule has 1 aromatic heterocycles. The molecule has 4 rings (SSSR count). The first-order chi connectivity index (χ1) is 17.0. The zero-order valence-electron chi connectivity index (χ0n) is 20.7. The lowest BCUT2D eigenvalue weighted by Crippen LogP contribution is -2.34. The van der Waals surface area contributed by atoms with Gasteiger partial charge in [0.25, 0.3) is 11.8 Å². The van der Waals surface area contributed by atoms with Crippen LogP contribution in [0.4, 0.5) is 5.69 Å². The van der Waals surface area contributed by atoms with Crippen molar-refractivity contribution in [2.45, 2.75) is 20.8 Å². The fourth-order valence-corrected chi connectivity index (χ4v) is 4.42. The molecule has 0 atom stereocenters. The summed E-state index contributed by atoms with van der Waals surface area (Å²) in [5.41, 5.74) is 6.16. The number of rotatable bonds is 9. The van der Waals surface area contributed by atoms with Crippen LogP contribution >= 0.6 is 0 Å². The smallest absolute Gasteiger partial charge is 0.256 e. The Bertz CT molecular complexity index is 1270. The van der Waals surface area contributed by atoms with Gasteiger partial charge in [0.15, 0.2) is 0 Å². The fraction of sp³-hybridized carbons (Fsp3) is 0.286. The Kier molecular flexibility index (Phi) is 7.36. The Hall–Kier alpha value is -3.84. The normalized spacial score (nSPS) is 13.7. The van der Waals surface area contributed by atoms with Crippen molar-refractivity contribution >= 4 is 29.2 Å². The Morgan fingerprint density at radius 3 is 2.66 bits per heavy atom. The quantitative estimate of drug-likeness (QED) is 0.399. The van der Waals surface area contributed by atoms with Crippen molar-refractivity contribution in [1.82, 2.24) is 15.2 Å². The first kappa shape index (κ1) is 24.3. The molecule has 3 N–H and O–H groups in total. The maximum absolute atomic E-state index is 13.0. The molecular formula is C28H32N4O3. The van der Waals surface area contributed by atoms with Gasteiger partial charge >= 0.3 is 0 Å². The lowest BCUT2D eigenvalue weighted by molar-refractivity contribution is -0.110. The van der Waals surface area contributed by atoms with E-state index in [1.165, 1.54) is 0 Å². The van der Waals surface area contributed by atoms with Gasteiger partial charge in [-0.25, -0.2) is 0 Å². The predicted octanol–water partition coefficient (Wildman–Crippen LogP) is 4.56. The van der Waals surface area contributed by atoms with Gasteiger partial charge in [-0.2, -0.15) is 0 Å². The number of fused-ring (bicyclic) bond motifs is 1. The van der Waals surface area contributed by atoms with E-state index < -0.39 is 0 Å². The molecule has 1 aliphatic rings. The van der Waals surface area contributed by atoms with E-state index in [0.29, 0.717) is 17.7 Å². The van der Waals surface area contributed by atoms with Crippen molar-refractivity contribution in [2.24, 2.45) is 0 Å². The first-order valence-electron chi connectivity index (χ1n) is 12.0. The summed E-state index contributed by atoms with van der Waals surface area (Å²) in [5.74, 6) is 0.457. The van der Waals surface area contributed by atoms with Crippen LogP contribution in [0.3, 0.4) is 0 Å². The van der Waals surface area contributed by atoms with Crippen LogP contribution < -0.4 is 15.4 Å². The second-order valence-electron chi connectivity index (χ2n) is 8.50. The van der Waals surface area contributed by atoms with Gasteiger partial charge in [0, 0.05) is 36.2 Å². The van der Waals surface area contributed by atoms with Crippen molar-refractivity contribution in [1.29, 1.82) is 0 Å². The molecule has 2 amide bonds. The molecule has 2 heterocycles. The number of aromatic amines is 1. The minimum Gasteiger partial charge on any atom is -0.497 e. The number of carbonyl (C=O) groups is 2. The molecule has 0 bridgehead atoms. The standard InChI is InChI=1S/C28H32N4O3/c1-5-32(6-2)14-13-29-27(33)23-17-30-25(18(23)3)16-22-26-21(11-8-12-24(26)31-28(22)34)19-9-7-10-20(15-19)35-4/h7-12,15-17,30H,5-6,13-14H2,1-4H3,(H,29,33)(H,31,34). The summed E-state index contributed by atoms with van der Waals surface area (Å²) in [6, 6.07) is 13.6. The van der Waals surface area contributed by atoms with Crippen LogP contribution in [0.25, 0.3) is 22.8 Å². The maximum Gasteiger partial charge on any atom is 0.256 e. The summed E-state index contributed by atoms with van der Waals surface area (Å²) >= 11 is 0. The van der Waals surface area contributed by atoms with Crippen molar-refractivity contribution < 1.29 is 14.3 Å². The molecule has 0 saturated carbocycles. The number of hydrogen-bond acceptors (Lipinski definition) is 4. The van der Waals surface area contributed by atoms with E-state index in [-0.39, 0.29) is 11.8 Å². The fourth-order valence-electron chi connectivity index (χ4n) is 4.42. The number of nitrogens with one attached hydrogen (secondary N) is 3. The van der Waals surface area contributed by atoms with Gasteiger partial charge in [0.05, 0.1) is 18.2 Å². The van der Waals surface area contributed by atoms with E-state index >= 15 is 0 Å². The van der Waals surface area contributed by atoms with Gasteiger partial charge in [-0.1, -0.05) is 38.1 Å². The van der Waals surface area contributed by atoms with Crippen LogP contribution in [0.5, 0.6) is 5.75 Å². The number of H-pyrrole nitrogens is 1. The van der Waals surface area contributed by atoms with Gasteiger partial charge in [-0.05, 0) is 61.0 Å². The molecule has 0 fully saturated rings. The van der Waals surface area contributed by atoms with Gasteiger partial charge in [-0.3, -0.25) is 9.59 Å². The molecule has 1 aliphatic heterocycles. The monoisotopic (exact) mass is 472 g/mol. The van der Waals surface area contributed by atoms with Gasteiger partial charge in [0.1, 0.15) is 5.75 Å². The number of likely N-dealkylation sites (N-methyl/N-ethyl adjacent to an activating group) is 1. The topological polar surface area (TPSA) is 86.5 Å². The zero-order valence-corrected chi connectivity index (χ0v) is 20.7. The Labute approximate surface area is 206 Å². The second-order valence-corrected chi connectivity index (χ2v) is 8.50. The van der Waals surface area contributed by atoms with E-state index in [0.717, 1.165) is 59.0 Å². The highest BCUT2D eigenvalue weighted by Crippen LogP contribution is 2.41. The molecule has 35 heavy (non-hydrogen) atoms. The summed E-state index contributed by atoms with van der Waals surface area (Å²) in [5, 5.41) is 5.97. The average Bonchev–Trinajstić information content (AvgIpc) is 3.40. The minimum absolute atomic E-state index is 0.121. The van der Waals surface area contributed by atoms with Gasteiger partial charge in [0.2, 0.25) is 0 Å². The van der Waals surface area contributed by atoms with Crippen LogP contribution in [0.15, 0.2) is 48.7 Å². The number of amides is 2. The highest BCUT2D eigenvalue weighted by atomic mass is 16.5. The Morgan fingerprint density at radius 2 is 1.91 bits per heavy atom. The number of ether oxygens (including phenoxy) is 1. The lowest BCUT2D eigenvalue weighted by Gasteiger charge is -2.17. The first-order valence-corrected chi connectivity index (χ1v) is 12.0. The Morgan fingerprint density at radius 1 is 1.14 bits per heavy atom. The van der Waals surface area contributed by atoms with Crippen molar-refractivity contribution in [3.05, 3.63) is 71.0 Å². The van der Waals surface area contributed by atoms with E-state index in [4.69, 9.17) is 4.74 Å². The summed E-state index contributed by atoms with van der Waals surface area (Å²) in [4.78, 5) is 31.2. The molecule has 2 aromatic carbocycles. The third-order valence-electron chi connectivity index (χ3n) is 6.53. The minimum atomic E-state index is -0.172. The molecule has 0 radical (unpaired) electrons. The number of benzene rings is 2. The molecule has 0 spiro atoms. The van der Waals surface area contributed by atoms with Crippen molar-refractivity contribution in [3.8, 4) is 16.9 Å². The Balaban J connectivity index is 1.63. The summed E-state index contributed by atoms with van der Waals surface area (Å²) in [6.45, 7) is 9.41. The molecule has 0 aliphatic carbocycles. The molecular weight excluding hydrogens is 440 g/mol. The average molecular weight is 473 g/mol. The van der Waals surface area contributed by atoms with E-state index in [1.54, 1.807) is 13.3 Å². The number of carbonyl (C=O) groups excluding carboxylic acids is 2. The number of aromatic nitrogens is 1.